The highest BCUT2D eigenvalue weighted by atomic mass is 35.5. The summed E-state index contributed by atoms with van der Waals surface area (Å²) in [5.74, 6) is 2.66. The van der Waals surface area contributed by atoms with Gasteiger partial charge in [0.1, 0.15) is 43.7 Å². The van der Waals surface area contributed by atoms with Gasteiger partial charge in [0.15, 0.2) is 5.75 Å². The van der Waals surface area contributed by atoms with Crippen LogP contribution in [0.5, 0.6) is 23.0 Å². The van der Waals surface area contributed by atoms with Crippen LogP contribution in [0.1, 0.15) is 41.9 Å². The molecule has 3 aromatic carbocycles. The zero-order valence-electron chi connectivity index (χ0n) is 28.0. The van der Waals surface area contributed by atoms with Gasteiger partial charge >= 0.3 is 0 Å². The molecule has 260 valence electrons. The lowest BCUT2D eigenvalue weighted by atomic mass is 9.80. The first-order valence-electron chi connectivity index (χ1n) is 16.6. The second kappa shape index (κ2) is 18.0. The molecule has 1 amide bonds. The summed E-state index contributed by atoms with van der Waals surface area (Å²) >= 11 is 12.6. The largest absolute Gasteiger partial charge is 0.491 e. The number of hydrogen-bond donors (Lipinski definition) is 1. The lowest BCUT2D eigenvalue weighted by Crippen LogP contribution is -2.47. The summed E-state index contributed by atoms with van der Waals surface area (Å²) in [6, 6.07) is 17.8. The van der Waals surface area contributed by atoms with Gasteiger partial charge in [0.05, 0.1) is 29.2 Å². The van der Waals surface area contributed by atoms with Crippen LogP contribution in [-0.2, 0) is 20.8 Å². The quantitative estimate of drug-likeness (QED) is 0.147. The van der Waals surface area contributed by atoms with Crippen LogP contribution in [0.2, 0.25) is 10.0 Å². The lowest BCUT2D eigenvalue weighted by Gasteiger charge is -2.36. The van der Waals surface area contributed by atoms with Crippen molar-refractivity contribution in [2.45, 2.75) is 44.7 Å². The van der Waals surface area contributed by atoms with E-state index in [1.54, 1.807) is 14.2 Å². The SMILES string of the molecule is COCCOc1cc(CN(C(=O)C2CNCCC2c2ccc(OCCOc3c(Cl)cc(C)cc3Cl)cc2)C2CC2)cc(OCCOC)c1. The Hall–Kier alpha value is -3.21. The molecule has 0 bridgehead atoms. The molecule has 1 heterocycles. The standard InChI is InChI=1S/C37H46Cl2N2O7/c1-25-18-34(38)36(35(39)19-25)48-17-16-45-29-8-4-27(5-9-29)32-10-11-40-23-33(32)37(42)41(28-6-7-28)24-26-20-30(46-14-12-43-2)22-31(21-26)47-15-13-44-3/h4-5,8-9,18-22,28,32-33,40H,6-7,10-17,23-24H2,1-3H3. The number of carbonyl (C=O) groups excluding carboxylic acids is 1. The zero-order chi connectivity index (χ0) is 33.9. The van der Waals surface area contributed by atoms with Crippen LogP contribution < -0.4 is 24.3 Å². The van der Waals surface area contributed by atoms with Crippen molar-refractivity contribution < 1.29 is 33.2 Å². The molecule has 1 saturated heterocycles. The van der Waals surface area contributed by atoms with E-state index in [1.165, 1.54) is 0 Å². The first-order chi connectivity index (χ1) is 23.4. The Morgan fingerprint density at radius 2 is 1.35 bits per heavy atom. The number of nitrogens with one attached hydrogen (secondary N) is 1. The number of halogens is 2. The van der Waals surface area contributed by atoms with Gasteiger partial charge in [-0.1, -0.05) is 35.3 Å². The van der Waals surface area contributed by atoms with Gasteiger partial charge in [-0.05, 0) is 91.7 Å². The molecule has 2 aliphatic rings. The Bertz CT molecular complexity index is 1430. The smallest absolute Gasteiger partial charge is 0.228 e. The van der Waals surface area contributed by atoms with Gasteiger partial charge in [-0.15, -0.1) is 0 Å². The molecule has 1 aliphatic carbocycles. The van der Waals surface area contributed by atoms with Gasteiger partial charge in [0.25, 0.3) is 0 Å². The normalized spacial score (nSPS) is 17.5. The molecule has 0 radical (unpaired) electrons. The fraction of sp³-hybridized carbons (Fsp3) is 0.486. The van der Waals surface area contributed by atoms with Crippen LogP contribution in [0.25, 0.3) is 0 Å². The molecule has 9 nitrogen and oxygen atoms in total. The minimum Gasteiger partial charge on any atom is -0.491 e. The van der Waals surface area contributed by atoms with Crippen LogP contribution in [-0.4, -0.2) is 83.8 Å². The van der Waals surface area contributed by atoms with Crippen LogP contribution in [0, 0.1) is 12.8 Å². The first-order valence-corrected chi connectivity index (χ1v) is 17.3. The molecule has 2 unspecified atom stereocenters. The summed E-state index contributed by atoms with van der Waals surface area (Å²) in [6.07, 6.45) is 2.90. The van der Waals surface area contributed by atoms with E-state index in [0.717, 1.165) is 48.2 Å². The molecule has 1 aliphatic heterocycles. The number of methoxy groups -OCH3 is 2. The summed E-state index contributed by atoms with van der Waals surface area (Å²) in [6.45, 7) is 6.36. The minimum absolute atomic E-state index is 0.0971. The lowest BCUT2D eigenvalue weighted by molar-refractivity contribution is -0.138. The number of amides is 1. The molecular formula is C37H46Cl2N2O7. The number of aryl methyl sites for hydroxylation is 1. The Balaban J connectivity index is 1.23. The molecule has 0 aromatic heterocycles. The average molecular weight is 702 g/mol. The van der Waals surface area contributed by atoms with E-state index >= 15 is 0 Å². The average Bonchev–Trinajstić information content (AvgIpc) is 3.92. The summed E-state index contributed by atoms with van der Waals surface area (Å²) in [7, 11) is 3.29. The predicted octanol–water partition coefficient (Wildman–Crippen LogP) is 6.69. The van der Waals surface area contributed by atoms with E-state index in [2.05, 4.69) is 22.3 Å². The van der Waals surface area contributed by atoms with Crippen LogP contribution >= 0.6 is 23.2 Å². The van der Waals surface area contributed by atoms with Crippen molar-refractivity contribution in [1.29, 1.82) is 0 Å². The number of carbonyl (C=O) groups is 1. The first kappa shape index (κ1) is 36.1. The third kappa shape index (κ3) is 10.2. The third-order valence-electron chi connectivity index (χ3n) is 8.52. The van der Waals surface area contributed by atoms with Crippen molar-refractivity contribution in [1.82, 2.24) is 10.2 Å². The maximum Gasteiger partial charge on any atom is 0.228 e. The molecule has 1 N–H and O–H groups in total. The monoisotopic (exact) mass is 700 g/mol. The van der Waals surface area contributed by atoms with Gasteiger partial charge in [-0.3, -0.25) is 4.79 Å². The number of ether oxygens (including phenoxy) is 6. The summed E-state index contributed by atoms with van der Waals surface area (Å²) in [5.41, 5.74) is 3.07. The second-order valence-corrected chi connectivity index (χ2v) is 13.0. The molecule has 3 aromatic rings. The van der Waals surface area contributed by atoms with Gasteiger partial charge in [-0.25, -0.2) is 0 Å². The summed E-state index contributed by atoms with van der Waals surface area (Å²) in [5, 5.41) is 4.43. The highest BCUT2D eigenvalue weighted by Gasteiger charge is 2.40. The number of hydrogen-bond acceptors (Lipinski definition) is 8. The molecule has 2 atom stereocenters. The molecular weight excluding hydrogens is 655 g/mol. The zero-order valence-corrected chi connectivity index (χ0v) is 29.5. The Labute approximate surface area is 293 Å². The van der Waals surface area contributed by atoms with Gasteiger partial charge in [0, 0.05) is 39.4 Å². The number of rotatable bonds is 18. The van der Waals surface area contributed by atoms with E-state index in [4.69, 9.17) is 51.6 Å². The molecule has 1 saturated carbocycles. The maximum atomic E-state index is 14.3. The Morgan fingerprint density at radius 3 is 1.96 bits per heavy atom. The summed E-state index contributed by atoms with van der Waals surface area (Å²) < 4.78 is 33.9. The van der Waals surface area contributed by atoms with Gasteiger partial charge in [0.2, 0.25) is 5.91 Å². The number of benzene rings is 3. The van der Waals surface area contributed by atoms with Gasteiger partial charge < -0.3 is 38.6 Å². The minimum atomic E-state index is -0.179. The highest BCUT2D eigenvalue weighted by Crippen LogP contribution is 2.38. The fourth-order valence-corrected chi connectivity index (χ4v) is 6.72. The van der Waals surface area contributed by atoms with Crippen LogP contribution in [0.15, 0.2) is 54.6 Å². The van der Waals surface area contributed by atoms with E-state index in [-0.39, 0.29) is 23.8 Å². The van der Waals surface area contributed by atoms with Crippen molar-refractivity contribution >= 4 is 29.1 Å². The van der Waals surface area contributed by atoms with E-state index in [0.29, 0.717) is 80.0 Å². The van der Waals surface area contributed by atoms with Gasteiger partial charge in [-0.2, -0.15) is 0 Å². The second-order valence-electron chi connectivity index (χ2n) is 12.2. The van der Waals surface area contributed by atoms with Crippen LogP contribution in [0.4, 0.5) is 0 Å². The van der Waals surface area contributed by atoms with Crippen molar-refractivity contribution in [3.8, 4) is 23.0 Å². The van der Waals surface area contributed by atoms with E-state index in [1.807, 2.05) is 49.4 Å². The molecule has 5 rings (SSSR count). The third-order valence-corrected chi connectivity index (χ3v) is 9.09. The number of piperidine rings is 1. The Morgan fingerprint density at radius 1 is 0.771 bits per heavy atom. The van der Waals surface area contributed by atoms with Crippen LogP contribution in [0.3, 0.4) is 0 Å². The fourth-order valence-electron chi connectivity index (χ4n) is 6.01. The number of nitrogens with zero attached hydrogens (tertiary/aromatic N) is 1. The van der Waals surface area contributed by atoms with Crippen molar-refractivity contribution in [2.75, 3.05) is 67.0 Å². The van der Waals surface area contributed by atoms with Crippen molar-refractivity contribution in [3.05, 3.63) is 81.3 Å². The molecule has 2 fully saturated rings. The topological polar surface area (TPSA) is 87.7 Å². The van der Waals surface area contributed by atoms with Crippen molar-refractivity contribution in [2.24, 2.45) is 5.92 Å². The highest BCUT2D eigenvalue weighted by molar-refractivity contribution is 6.37. The van der Waals surface area contributed by atoms with Crippen molar-refractivity contribution in [3.63, 3.8) is 0 Å². The van der Waals surface area contributed by atoms with E-state index < -0.39 is 0 Å². The molecule has 48 heavy (non-hydrogen) atoms. The Kier molecular flexibility index (Phi) is 13.5. The maximum absolute atomic E-state index is 14.3. The predicted molar refractivity (Wildman–Crippen MR) is 187 cm³/mol. The van der Waals surface area contributed by atoms with E-state index in [9.17, 15) is 4.79 Å². The molecule has 0 spiro atoms. The molecule has 11 heteroatoms. The summed E-state index contributed by atoms with van der Waals surface area (Å²) in [4.78, 5) is 16.4.